The van der Waals surface area contributed by atoms with Crippen LogP contribution in [0.1, 0.15) is 40.5 Å². The maximum atomic E-state index is 12.7. The van der Waals surface area contributed by atoms with Crippen molar-refractivity contribution < 1.29 is 19.1 Å². The predicted molar refractivity (Wildman–Crippen MR) is 118 cm³/mol. The first kappa shape index (κ1) is 21.7. The molecule has 0 radical (unpaired) electrons. The van der Waals surface area contributed by atoms with Gasteiger partial charge in [0.05, 0.1) is 12.3 Å². The number of esters is 2. The molecule has 0 saturated heterocycles. The van der Waals surface area contributed by atoms with Gasteiger partial charge in [0.25, 0.3) is 0 Å². The highest BCUT2D eigenvalue weighted by Crippen LogP contribution is 2.34. The lowest BCUT2D eigenvalue weighted by Gasteiger charge is -2.15. The van der Waals surface area contributed by atoms with Gasteiger partial charge in [-0.3, -0.25) is 14.5 Å². The molecular formula is C24H26N4O4. The predicted octanol–water partition coefficient (Wildman–Crippen LogP) is 2.68. The summed E-state index contributed by atoms with van der Waals surface area (Å²) in [7, 11) is 0. The molecule has 0 saturated carbocycles. The van der Waals surface area contributed by atoms with Gasteiger partial charge in [-0.25, -0.2) is 4.79 Å². The van der Waals surface area contributed by atoms with Gasteiger partial charge in [-0.15, -0.1) is 0 Å². The molecule has 0 spiro atoms. The van der Waals surface area contributed by atoms with Crippen LogP contribution in [0.4, 0.5) is 0 Å². The number of carbonyl (C=O) groups excluding carboxylic acids is 2. The molecule has 0 aliphatic heterocycles. The number of nitrogens with zero attached hydrogens (tertiary/aromatic N) is 3. The van der Waals surface area contributed by atoms with Crippen LogP contribution >= 0.6 is 0 Å². The van der Waals surface area contributed by atoms with Crippen LogP contribution < -0.4 is 5.73 Å². The smallest absolute Gasteiger partial charge is 0.356 e. The van der Waals surface area contributed by atoms with E-state index >= 15 is 0 Å². The number of pyridine rings is 1. The summed E-state index contributed by atoms with van der Waals surface area (Å²) < 4.78 is 12.2. The molecule has 0 fully saturated rings. The molecule has 166 valence electrons. The van der Waals surface area contributed by atoms with E-state index in [4.69, 9.17) is 20.3 Å². The molecule has 8 heteroatoms. The second-order valence-electron chi connectivity index (χ2n) is 7.64. The lowest BCUT2D eigenvalue weighted by molar-refractivity contribution is -0.146. The first-order valence-electron chi connectivity index (χ1n) is 10.7. The van der Waals surface area contributed by atoms with Crippen molar-refractivity contribution >= 4 is 11.9 Å². The fraction of sp³-hybridized carbons (Fsp3) is 0.333. The molecule has 1 aromatic carbocycles. The Hall–Kier alpha value is -3.52. The van der Waals surface area contributed by atoms with Crippen LogP contribution in [0.5, 0.6) is 0 Å². The van der Waals surface area contributed by atoms with E-state index < -0.39 is 18.0 Å². The maximum absolute atomic E-state index is 12.7. The fourth-order valence-electron chi connectivity index (χ4n) is 3.87. The average Bonchev–Trinajstić information content (AvgIpc) is 3.21. The molecule has 0 amide bonds. The van der Waals surface area contributed by atoms with Crippen LogP contribution in [0.15, 0.2) is 48.8 Å². The minimum Gasteiger partial charge on any atom is -0.461 e. The highest BCUT2D eigenvalue weighted by molar-refractivity contribution is 5.92. The minimum atomic E-state index is -0.827. The number of aryl methyl sites for hydroxylation is 2. The highest BCUT2D eigenvalue weighted by Gasteiger charge is 2.29. The Bertz CT molecular complexity index is 1110. The van der Waals surface area contributed by atoms with Gasteiger partial charge in [0.15, 0.2) is 0 Å². The topological polar surface area (TPSA) is 109 Å². The first-order chi connectivity index (χ1) is 15.6. The summed E-state index contributed by atoms with van der Waals surface area (Å²) in [5, 5.41) is 4.70. The van der Waals surface area contributed by atoms with Crippen molar-refractivity contribution in [1.82, 2.24) is 14.8 Å². The Balaban J connectivity index is 1.50. The Labute approximate surface area is 186 Å². The zero-order valence-corrected chi connectivity index (χ0v) is 18.0. The molecule has 1 aliphatic rings. The average molecular weight is 434 g/mol. The Morgan fingerprint density at radius 2 is 1.97 bits per heavy atom. The van der Waals surface area contributed by atoms with E-state index in [1.165, 1.54) is 0 Å². The molecule has 3 aromatic rings. The van der Waals surface area contributed by atoms with Gasteiger partial charge in [-0.05, 0) is 43.4 Å². The van der Waals surface area contributed by atoms with E-state index in [1.54, 1.807) is 17.8 Å². The van der Waals surface area contributed by atoms with Crippen LogP contribution in [0, 0.1) is 0 Å². The summed E-state index contributed by atoms with van der Waals surface area (Å²) in [5.41, 5.74) is 11.1. The van der Waals surface area contributed by atoms with E-state index in [0.29, 0.717) is 18.7 Å². The molecule has 1 aliphatic carbocycles. The fourth-order valence-corrected chi connectivity index (χ4v) is 3.87. The molecule has 2 heterocycles. The van der Waals surface area contributed by atoms with Crippen molar-refractivity contribution in [3.63, 3.8) is 0 Å². The minimum absolute atomic E-state index is 0.169. The highest BCUT2D eigenvalue weighted by atomic mass is 16.5. The molecule has 1 unspecified atom stereocenters. The van der Waals surface area contributed by atoms with Crippen molar-refractivity contribution in [2.75, 3.05) is 6.61 Å². The van der Waals surface area contributed by atoms with Crippen molar-refractivity contribution in [1.29, 1.82) is 0 Å². The second-order valence-corrected chi connectivity index (χ2v) is 7.64. The maximum Gasteiger partial charge on any atom is 0.356 e. The number of nitrogens with two attached hydrogens (primary N) is 1. The van der Waals surface area contributed by atoms with Gasteiger partial charge in [0.2, 0.25) is 0 Å². The third kappa shape index (κ3) is 4.55. The number of rotatable bonds is 8. The standard InChI is InChI=1S/C24H26N4O4/c1-2-31-24(30)22-19-9-8-17-14-26-12-10-18(17)21(19)27-28(22)13-11-20(25)23(29)32-15-16-6-4-3-5-7-16/h3-7,10,12,14,20H,2,8-9,11,13,15,25H2,1H3. The summed E-state index contributed by atoms with van der Waals surface area (Å²) >= 11 is 0. The zero-order valence-electron chi connectivity index (χ0n) is 18.0. The molecular weight excluding hydrogens is 408 g/mol. The third-order valence-electron chi connectivity index (χ3n) is 5.50. The van der Waals surface area contributed by atoms with Crippen LogP contribution in [0.3, 0.4) is 0 Å². The van der Waals surface area contributed by atoms with E-state index in [0.717, 1.165) is 34.4 Å². The van der Waals surface area contributed by atoms with E-state index in [1.807, 2.05) is 42.6 Å². The number of carbonyl (C=O) groups is 2. The summed E-state index contributed by atoms with van der Waals surface area (Å²) in [6, 6.07) is 10.5. The largest absolute Gasteiger partial charge is 0.461 e. The molecule has 1 atom stereocenters. The summed E-state index contributed by atoms with van der Waals surface area (Å²) in [5.74, 6) is -0.904. The van der Waals surface area contributed by atoms with Gasteiger partial charge >= 0.3 is 11.9 Å². The third-order valence-corrected chi connectivity index (χ3v) is 5.50. The second kappa shape index (κ2) is 9.74. The number of hydrogen-bond acceptors (Lipinski definition) is 7. The van der Waals surface area contributed by atoms with Crippen molar-refractivity contribution in [2.24, 2.45) is 5.73 Å². The Kier molecular flexibility index (Phi) is 6.61. The normalized spacial score (nSPS) is 13.1. The van der Waals surface area contributed by atoms with Crippen LogP contribution in [0.2, 0.25) is 0 Å². The SMILES string of the molecule is CCOC(=O)c1c2c(nn1CCC(N)C(=O)OCc1ccccc1)-c1ccncc1CC2. The summed E-state index contributed by atoms with van der Waals surface area (Å²) in [4.78, 5) is 29.3. The zero-order chi connectivity index (χ0) is 22.5. The lowest BCUT2D eigenvalue weighted by atomic mass is 9.90. The van der Waals surface area contributed by atoms with Gasteiger partial charge in [0.1, 0.15) is 18.3 Å². The molecule has 8 nitrogen and oxygen atoms in total. The molecule has 32 heavy (non-hydrogen) atoms. The van der Waals surface area contributed by atoms with Crippen molar-refractivity contribution in [3.05, 3.63) is 71.2 Å². The monoisotopic (exact) mass is 434 g/mol. The molecule has 2 N–H and O–H groups in total. The van der Waals surface area contributed by atoms with Crippen molar-refractivity contribution in [2.45, 2.75) is 45.4 Å². The van der Waals surface area contributed by atoms with Gasteiger partial charge < -0.3 is 15.2 Å². The molecule has 2 aromatic heterocycles. The van der Waals surface area contributed by atoms with Crippen LogP contribution in [-0.2, 0) is 40.3 Å². The van der Waals surface area contributed by atoms with Gasteiger partial charge in [-0.2, -0.15) is 5.10 Å². The van der Waals surface area contributed by atoms with Gasteiger partial charge in [-0.1, -0.05) is 30.3 Å². The lowest BCUT2D eigenvalue weighted by Crippen LogP contribution is -2.33. The Morgan fingerprint density at radius 3 is 2.75 bits per heavy atom. The Morgan fingerprint density at radius 1 is 1.16 bits per heavy atom. The number of fused-ring (bicyclic) bond motifs is 3. The van der Waals surface area contributed by atoms with E-state index in [2.05, 4.69) is 4.98 Å². The van der Waals surface area contributed by atoms with Gasteiger partial charge in [0, 0.05) is 30.1 Å². The van der Waals surface area contributed by atoms with E-state index in [-0.39, 0.29) is 19.6 Å². The number of benzene rings is 1. The van der Waals surface area contributed by atoms with E-state index in [9.17, 15) is 9.59 Å². The first-order valence-corrected chi connectivity index (χ1v) is 10.7. The van der Waals surface area contributed by atoms with Crippen molar-refractivity contribution in [3.8, 4) is 11.3 Å². The van der Waals surface area contributed by atoms with Crippen LogP contribution in [-0.4, -0.2) is 39.4 Å². The summed E-state index contributed by atoms with van der Waals surface area (Å²) in [6.07, 6.45) is 5.28. The quantitative estimate of drug-likeness (QED) is 0.543. The molecule has 4 rings (SSSR count). The number of hydrogen-bond donors (Lipinski definition) is 1. The number of ether oxygens (including phenoxy) is 2. The molecule has 0 bridgehead atoms. The summed E-state index contributed by atoms with van der Waals surface area (Å²) in [6.45, 7) is 2.50. The number of aromatic nitrogens is 3. The van der Waals surface area contributed by atoms with Crippen LogP contribution in [0.25, 0.3) is 11.3 Å².